The van der Waals surface area contributed by atoms with Crippen LogP contribution in [0.2, 0.25) is 0 Å². The molecule has 0 saturated heterocycles. The number of carbonyl (C=O) groups is 1. The summed E-state index contributed by atoms with van der Waals surface area (Å²) in [6, 6.07) is 8.70. The van der Waals surface area contributed by atoms with Crippen molar-refractivity contribution in [3.63, 3.8) is 0 Å². The number of pyridine rings is 2. The van der Waals surface area contributed by atoms with E-state index in [0.717, 1.165) is 37.5 Å². The Balaban J connectivity index is 1.20. The summed E-state index contributed by atoms with van der Waals surface area (Å²) in [7, 11) is 0. The van der Waals surface area contributed by atoms with Crippen LogP contribution in [0.5, 0.6) is 0 Å². The zero-order valence-electron chi connectivity index (χ0n) is 17.0. The molecule has 166 valence electrons. The number of hydrogen-bond acceptors (Lipinski definition) is 4. The summed E-state index contributed by atoms with van der Waals surface area (Å²) in [5.41, 5.74) is 0.691. The highest BCUT2D eigenvalue weighted by Crippen LogP contribution is 2.30. The maximum absolute atomic E-state index is 13.0. The number of aromatic nitrogens is 4. The molecule has 4 aromatic heterocycles. The molecule has 1 amide bonds. The van der Waals surface area contributed by atoms with Crippen molar-refractivity contribution in [2.24, 2.45) is 0 Å². The third-order valence-corrected chi connectivity index (χ3v) is 5.85. The molecule has 0 atom stereocenters. The molecule has 0 aliphatic heterocycles. The Kier molecular flexibility index (Phi) is 4.99. The van der Waals surface area contributed by atoms with Crippen LogP contribution >= 0.6 is 0 Å². The van der Waals surface area contributed by atoms with E-state index < -0.39 is 11.9 Å². The van der Waals surface area contributed by atoms with Crippen molar-refractivity contribution >= 4 is 23.0 Å². The second kappa shape index (κ2) is 7.85. The van der Waals surface area contributed by atoms with E-state index in [1.54, 1.807) is 53.3 Å². The quantitative estimate of drug-likeness (QED) is 0.498. The van der Waals surface area contributed by atoms with Gasteiger partial charge in [0.1, 0.15) is 17.1 Å². The van der Waals surface area contributed by atoms with Crippen molar-refractivity contribution in [1.29, 1.82) is 0 Å². The summed E-state index contributed by atoms with van der Waals surface area (Å²) in [5.74, 6) is 0.450. The van der Waals surface area contributed by atoms with Crippen LogP contribution in [0.25, 0.3) is 11.3 Å². The van der Waals surface area contributed by atoms with E-state index in [0.29, 0.717) is 11.4 Å². The Bertz CT molecular complexity index is 1270. The summed E-state index contributed by atoms with van der Waals surface area (Å²) in [4.78, 5) is 20.5. The summed E-state index contributed by atoms with van der Waals surface area (Å²) in [6.45, 7) is 0. The van der Waals surface area contributed by atoms with E-state index in [2.05, 4.69) is 20.6 Å². The lowest BCUT2D eigenvalue weighted by molar-refractivity contribution is -0.140. The van der Waals surface area contributed by atoms with Gasteiger partial charge < -0.3 is 15.0 Å². The molecule has 0 bridgehead atoms. The number of rotatable bonds is 4. The minimum atomic E-state index is -4.48. The second-order valence-corrected chi connectivity index (χ2v) is 8.04. The van der Waals surface area contributed by atoms with E-state index in [-0.39, 0.29) is 23.6 Å². The summed E-state index contributed by atoms with van der Waals surface area (Å²) < 4.78 is 42.3. The summed E-state index contributed by atoms with van der Waals surface area (Å²) >= 11 is 0. The first-order valence-corrected chi connectivity index (χ1v) is 10.4. The normalized spacial score (nSPS) is 19.3. The molecule has 1 saturated carbocycles. The Morgan fingerprint density at radius 1 is 1.00 bits per heavy atom. The highest BCUT2D eigenvalue weighted by molar-refractivity contribution is 5.94. The molecule has 0 aromatic carbocycles. The monoisotopic (exact) mass is 442 g/mol. The van der Waals surface area contributed by atoms with Gasteiger partial charge in [0.25, 0.3) is 5.91 Å². The van der Waals surface area contributed by atoms with E-state index in [4.69, 9.17) is 0 Å². The molecular weight excluding hydrogens is 421 g/mol. The van der Waals surface area contributed by atoms with Crippen molar-refractivity contribution in [2.45, 2.75) is 43.9 Å². The standard InChI is InChI=1S/C22H21F3N6O/c23-22(24,25)17-13-31-19(2-1-3-20(31)29-17)27-15-5-7-16(8-6-15)28-21(32)14-4-9-18-26-10-11-30(18)12-14/h1-4,9-13,15-16,27H,5-8H2,(H,28,32)/t15-,16+. The summed E-state index contributed by atoms with van der Waals surface area (Å²) in [5, 5.41) is 6.43. The van der Waals surface area contributed by atoms with E-state index in [1.807, 2.05) is 0 Å². The van der Waals surface area contributed by atoms with Crippen molar-refractivity contribution in [2.75, 3.05) is 5.32 Å². The van der Waals surface area contributed by atoms with Crippen molar-refractivity contribution < 1.29 is 18.0 Å². The van der Waals surface area contributed by atoms with Crippen molar-refractivity contribution in [1.82, 2.24) is 24.1 Å². The molecule has 0 unspecified atom stereocenters. The molecule has 0 spiro atoms. The number of alkyl halides is 3. The van der Waals surface area contributed by atoms with Gasteiger partial charge in [-0.25, -0.2) is 9.97 Å². The SMILES string of the molecule is O=C(N[C@H]1CC[C@@H](Nc2cccc3nc(C(F)(F)F)cn23)CC1)c1ccc2nccn2c1. The second-order valence-electron chi connectivity index (χ2n) is 8.04. The fourth-order valence-electron chi connectivity index (χ4n) is 4.18. The topological polar surface area (TPSA) is 75.7 Å². The molecule has 32 heavy (non-hydrogen) atoms. The lowest BCUT2D eigenvalue weighted by atomic mass is 9.91. The van der Waals surface area contributed by atoms with Gasteiger partial charge in [-0.15, -0.1) is 0 Å². The van der Waals surface area contributed by atoms with Gasteiger partial charge in [0.05, 0.1) is 5.56 Å². The molecule has 7 nitrogen and oxygen atoms in total. The van der Waals surface area contributed by atoms with Crippen LogP contribution in [-0.2, 0) is 6.18 Å². The smallest absolute Gasteiger partial charge is 0.368 e. The molecule has 1 aliphatic rings. The number of halogens is 3. The maximum atomic E-state index is 13.0. The molecule has 4 heterocycles. The number of hydrogen-bond donors (Lipinski definition) is 2. The van der Waals surface area contributed by atoms with Gasteiger partial charge in [-0.1, -0.05) is 6.07 Å². The van der Waals surface area contributed by atoms with Gasteiger partial charge >= 0.3 is 6.18 Å². The Hall–Kier alpha value is -3.56. The third kappa shape index (κ3) is 4.00. The molecular formula is C22H21F3N6O. The fraction of sp³-hybridized carbons (Fsp3) is 0.318. The summed E-state index contributed by atoms with van der Waals surface area (Å²) in [6.07, 6.45) is 4.91. The molecule has 1 fully saturated rings. The van der Waals surface area contributed by atoms with Crippen LogP contribution in [0.4, 0.5) is 19.0 Å². The van der Waals surface area contributed by atoms with Crippen molar-refractivity contribution in [3.8, 4) is 0 Å². The zero-order chi connectivity index (χ0) is 22.3. The first-order valence-electron chi connectivity index (χ1n) is 10.4. The Morgan fingerprint density at radius 2 is 1.78 bits per heavy atom. The molecule has 5 rings (SSSR count). The number of anilines is 1. The number of imidazole rings is 2. The maximum Gasteiger partial charge on any atom is 0.434 e. The molecule has 1 aliphatic carbocycles. The minimum absolute atomic E-state index is 0.0555. The number of nitrogens with zero attached hydrogens (tertiary/aromatic N) is 4. The van der Waals surface area contributed by atoms with E-state index in [1.165, 1.54) is 4.40 Å². The van der Waals surface area contributed by atoms with Gasteiger partial charge in [0.15, 0.2) is 5.69 Å². The third-order valence-electron chi connectivity index (χ3n) is 5.85. The van der Waals surface area contributed by atoms with Gasteiger partial charge in [0, 0.05) is 36.9 Å². The molecule has 0 radical (unpaired) electrons. The van der Waals surface area contributed by atoms with Crippen LogP contribution in [0.3, 0.4) is 0 Å². The van der Waals surface area contributed by atoms with Crippen LogP contribution in [0, 0.1) is 0 Å². The lowest BCUT2D eigenvalue weighted by Gasteiger charge is -2.30. The first-order chi connectivity index (χ1) is 15.4. The average molecular weight is 442 g/mol. The van der Waals surface area contributed by atoms with Crippen LogP contribution in [0.1, 0.15) is 41.7 Å². The average Bonchev–Trinajstić information content (AvgIpc) is 3.42. The number of nitrogens with one attached hydrogen (secondary N) is 2. The van der Waals surface area contributed by atoms with Gasteiger partial charge in [-0.2, -0.15) is 13.2 Å². The van der Waals surface area contributed by atoms with Gasteiger partial charge in [-0.05, 0) is 49.9 Å². The fourth-order valence-corrected chi connectivity index (χ4v) is 4.18. The van der Waals surface area contributed by atoms with Crippen molar-refractivity contribution in [3.05, 3.63) is 66.4 Å². The van der Waals surface area contributed by atoms with Gasteiger partial charge in [0.2, 0.25) is 0 Å². The van der Waals surface area contributed by atoms with E-state index >= 15 is 0 Å². The lowest BCUT2D eigenvalue weighted by Crippen LogP contribution is -2.40. The Labute approximate surface area is 181 Å². The largest absolute Gasteiger partial charge is 0.434 e. The number of fused-ring (bicyclic) bond motifs is 2. The van der Waals surface area contributed by atoms with Crippen LogP contribution in [0.15, 0.2) is 55.1 Å². The number of amides is 1. The van der Waals surface area contributed by atoms with E-state index in [9.17, 15) is 18.0 Å². The molecule has 10 heteroatoms. The van der Waals surface area contributed by atoms with Crippen LogP contribution in [-0.4, -0.2) is 36.8 Å². The Morgan fingerprint density at radius 3 is 2.56 bits per heavy atom. The minimum Gasteiger partial charge on any atom is -0.368 e. The highest BCUT2D eigenvalue weighted by Gasteiger charge is 2.34. The van der Waals surface area contributed by atoms with Crippen LogP contribution < -0.4 is 10.6 Å². The molecule has 2 N–H and O–H groups in total. The predicted octanol–water partition coefficient (Wildman–Crippen LogP) is 4.15. The highest BCUT2D eigenvalue weighted by atomic mass is 19.4. The molecule has 4 aromatic rings. The first kappa shape index (κ1) is 20.3. The number of carbonyl (C=O) groups excluding carboxylic acids is 1. The van der Waals surface area contributed by atoms with Gasteiger partial charge in [-0.3, -0.25) is 9.20 Å². The predicted molar refractivity (Wildman–Crippen MR) is 113 cm³/mol. The zero-order valence-corrected chi connectivity index (χ0v) is 17.0.